The van der Waals surface area contributed by atoms with E-state index in [1.54, 1.807) is 24.3 Å². The highest BCUT2D eigenvalue weighted by Gasteiger charge is 2.09. The molecule has 0 saturated heterocycles. The molecule has 0 aromatic heterocycles. The van der Waals surface area contributed by atoms with Crippen molar-refractivity contribution in [1.29, 1.82) is 5.26 Å². The number of nitriles is 1. The fourth-order valence-corrected chi connectivity index (χ4v) is 2.48. The Morgan fingerprint density at radius 2 is 2.16 bits per heavy atom. The van der Waals surface area contributed by atoms with E-state index in [0.717, 1.165) is 5.75 Å². The van der Waals surface area contributed by atoms with Crippen molar-refractivity contribution >= 4 is 23.4 Å². The van der Waals surface area contributed by atoms with Gasteiger partial charge in [-0.3, -0.25) is 4.79 Å². The minimum atomic E-state index is -0.00135. The molecule has 0 aliphatic rings. The molecule has 0 spiro atoms. The molecule has 0 radical (unpaired) electrons. The largest absolute Gasteiger partial charge is 0.326 e. The summed E-state index contributed by atoms with van der Waals surface area (Å²) >= 11 is 1.82. The Morgan fingerprint density at radius 3 is 2.79 bits per heavy atom. The van der Waals surface area contributed by atoms with Crippen LogP contribution in [0.4, 0.5) is 5.69 Å². The molecular formula is C15H20N2OS. The van der Waals surface area contributed by atoms with Crippen molar-refractivity contribution in [3.8, 4) is 6.07 Å². The molecule has 1 unspecified atom stereocenters. The molecule has 0 bridgehead atoms. The molecule has 1 amide bonds. The van der Waals surface area contributed by atoms with Crippen molar-refractivity contribution in [2.75, 3.05) is 11.1 Å². The van der Waals surface area contributed by atoms with Gasteiger partial charge in [-0.15, -0.1) is 0 Å². The predicted molar refractivity (Wildman–Crippen MR) is 81.2 cm³/mol. The second-order valence-corrected chi connectivity index (χ2v) is 6.30. The van der Waals surface area contributed by atoms with Crippen LogP contribution in [-0.4, -0.2) is 16.9 Å². The average Bonchev–Trinajstić information content (AvgIpc) is 2.38. The number of benzene rings is 1. The number of carbonyl (C=O) groups is 1. The van der Waals surface area contributed by atoms with Gasteiger partial charge in [-0.25, -0.2) is 0 Å². The molecule has 0 aliphatic heterocycles. The summed E-state index contributed by atoms with van der Waals surface area (Å²) in [7, 11) is 0. The molecule has 102 valence electrons. The maximum Gasteiger partial charge on any atom is 0.225 e. The van der Waals surface area contributed by atoms with Gasteiger partial charge in [-0.2, -0.15) is 17.0 Å². The van der Waals surface area contributed by atoms with Crippen LogP contribution in [-0.2, 0) is 4.79 Å². The van der Waals surface area contributed by atoms with E-state index in [2.05, 4.69) is 32.2 Å². The van der Waals surface area contributed by atoms with Crippen LogP contribution in [0, 0.1) is 17.2 Å². The van der Waals surface area contributed by atoms with E-state index >= 15 is 0 Å². The summed E-state index contributed by atoms with van der Waals surface area (Å²) in [6.07, 6.45) is 0.499. The number of anilines is 1. The third kappa shape index (κ3) is 5.80. The maximum atomic E-state index is 11.8. The summed E-state index contributed by atoms with van der Waals surface area (Å²) in [6.45, 7) is 6.56. The molecule has 1 rings (SSSR count). The van der Waals surface area contributed by atoms with Gasteiger partial charge in [0.05, 0.1) is 11.6 Å². The average molecular weight is 276 g/mol. The Morgan fingerprint density at radius 1 is 1.42 bits per heavy atom. The van der Waals surface area contributed by atoms with Gasteiger partial charge in [0.1, 0.15) is 0 Å². The second kappa shape index (κ2) is 7.85. The van der Waals surface area contributed by atoms with Crippen LogP contribution in [0.15, 0.2) is 24.3 Å². The maximum absolute atomic E-state index is 11.8. The first-order valence-electron chi connectivity index (χ1n) is 6.44. The van der Waals surface area contributed by atoms with Crippen LogP contribution in [0.25, 0.3) is 0 Å². The standard InChI is InChI=1S/C15H20N2OS/c1-11(2)12(3)19-8-7-15(18)17-14-6-4-5-13(9-14)10-16/h4-6,9,11-12H,7-8H2,1-3H3,(H,17,18). The van der Waals surface area contributed by atoms with Crippen molar-refractivity contribution in [3.05, 3.63) is 29.8 Å². The molecule has 0 aliphatic carbocycles. The van der Waals surface area contributed by atoms with E-state index in [1.807, 2.05) is 11.8 Å². The zero-order valence-corrected chi connectivity index (χ0v) is 12.5. The van der Waals surface area contributed by atoms with Crippen LogP contribution >= 0.6 is 11.8 Å². The predicted octanol–water partition coefficient (Wildman–Crippen LogP) is 3.66. The van der Waals surface area contributed by atoms with Gasteiger partial charge >= 0.3 is 0 Å². The number of rotatable bonds is 6. The monoisotopic (exact) mass is 276 g/mol. The third-order valence-electron chi connectivity index (χ3n) is 2.92. The van der Waals surface area contributed by atoms with Crippen molar-refractivity contribution in [3.63, 3.8) is 0 Å². The van der Waals surface area contributed by atoms with Gasteiger partial charge < -0.3 is 5.32 Å². The highest BCUT2D eigenvalue weighted by molar-refractivity contribution is 7.99. The number of hydrogen-bond acceptors (Lipinski definition) is 3. The number of nitrogens with zero attached hydrogens (tertiary/aromatic N) is 1. The van der Waals surface area contributed by atoms with Gasteiger partial charge in [-0.1, -0.05) is 26.8 Å². The lowest BCUT2D eigenvalue weighted by Crippen LogP contribution is -2.14. The van der Waals surface area contributed by atoms with Gasteiger partial charge in [0, 0.05) is 23.1 Å². The van der Waals surface area contributed by atoms with Gasteiger partial charge in [-0.05, 0) is 24.1 Å². The third-order valence-corrected chi connectivity index (χ3v) is 4.43. The minimum Gasteiger partial charge on any atom is -0.326 e. The zero-order valence-electron chi connectivity index (χ0n) is 11.6. The lowest BCUT2D eigenvalue weighted by molar-refractivity contribution is -0.115. The quantitative estimate of drug-likeness (QED) is 0.862. The molecular weight excluding hydrogens is 256 g/mol. The minimum absolute atomic E-state index is 0.00135. The first-order chi connectivity index (χ1) is 9.02. The van der Waals surface area contributed by atoms with E-state index in [1.165, 1.54) is 0 Å². The number of hydrogen-bond donors (Lipinski definition) is 1. The topological polar surface area (TPSA) is 52.9 Å². The van der Waals surface area contributed by atoms with Gasteiger partial charge in [0.2, 0.25) is 5.91 Å². The van der Waals surface area contributed by atoms with Crippen LogP contribution in [0.1, 0.15) is 32.8 Å². The molecule has 0 heterocycles. The molecule has 0 saturated carbocycles. The Balaban J connectivity index is 2.37. The van der Waals surface area contributed by atoms with Gasteiger partial charge in [0.15, 0.2) is 0 Å². The van der Waals surface area contributed by atoms with E-state index in [0.29, 0.717) is 28.8 Å². The smallest absolute Gasteiger partial charge is 0.225 e. The van der Waals surface area contributed by atoms with Crippen LogP contribution in [0.2, 0.25) is 0 Å². The lowest BCUT2D eigenvalue weighted by atomic mass is 10.2. The summed E-state index contributed by atoms with van der Waals surface area (Å²) in [5.41, 5.74) is 1.24. The van der Waals surface area contributed by atoms with Crippen molar-refractivity contribution < 1.29 is 4.79 Å². The normalized spacial score (nSPS) is 11.9. The molecule has 1 atom stereocenters. The zero-order chi connectivity index (χ0) is 14.3. The summed E-state index contributed by atoms with van der Waals surface area (Å²) < 4.78 is 0. The number of amides is 1. The molecule has 4 heteroatoms. The highest BCUT2D eigenvalue weighted by Crippen LogP contribution is 2.19. The van der Waals surface area contributed by atoms with Crippen molar-refractivity contribution in [2.45, 2.75) is 32.4 Å². The first-order valence-corrected chi connectivity index (χ1v) is 7.49. The van der Waals surface area contributed by atoms with E-state index in [-0.39, 0.29) is 5.91 Å². The SMILES string of the molecule is CC(C)C(C)SCCC(=O)Nc1cccc(C#N)c1. The molecule has 1 aromatic carbocycles. The Hall–Kier alpha value is -1.47. The molecule has 0 fully saturated rings. The Bertz CT molecular complexity index is 465. The molecule has 1 aromatic rings. The first kappa shape index (κ1) is 15.6. The molecule has 3 nitrogen and oxygen atoms in total. The van der Waals surface area contributed by atoms with E-state index in [4.69, 9.17) is 5.26 Å². The van der Waals surface area contributed by atoms with E-state index in [9.17, 15) is 4.79 Å². The Labute approximate surface area is 119 Å². The number of nitrogens with one attached hydrogen (secondary N) is 1. The van der Waals surface area contributed by atoms with Gasteiger partial charge in [0.25, 0.3) is 0 Å². The summed E-state index contributed by atoms with van der Waals surface area (Å²) in [5.74, 6) is 1.45. The van der Waals surface area contributed by atoms with Crippen molar-refractivity contribution in [2.24, 2.45) is 5.92 Å². The summed E-state index contributed by atoms with van der Waals surface area (Å²) in [4.78, 5) is 11.8. The lowest BCUT2D eigenvalue weighted by Gasteiger charge is -2.14. The van der Waals surface area contributed by atoms with Crippen LogP contribution in [0.3, 0.4) is 0 Å². The highest BCUT2D eigenvalue weighted by atomic mass is 32.2. The summed E-state index contributed by atoms with van der Waals surface area (Å²) in [5, 5.41) is 12.2. The number of carbonyl (C=O) groups excluding carboxylic acids is 1. The Kier molecular flexibility index (Phi) is 6.44. The fourth-order valence-electron chi connectivity index (χ4n) is 1.42. The van der Waals surface area contributed by atoms with Crippen molar-refractivity contribution in [1.82, 2.24) is 0 Å². The van der Waals surface area contributed by atoms with Crippen LogP contribution < -0.4 is 5.32 Å². The second-order valence-electron chi connectivity index (χ2n) is 4.81. The number of thioether (sulfide) groups is 1. The van der Waals surface area contributed by atoms with Crippen LogP contribution in [0.5, 0.6) is 0 Å². The molecule has 1 N–H and O–H groups in total. The summed E-state index contributed by atoms with van der Waals surface area (Å²) in [6, 6.07) is 9.02. The van der Waals surface area contributed by atoms with E-state index < -0.39 is 0 Å². The fraction of sp³-hybridized carbons (Fsp3) is 0.467. The molecule has 19 heavy (non-hydrogen) atoms.